The summed E-state index contributed by atoms with van der Waals surface area (Å²) in [7, 11) is 0. The molecule has 0 atom stereocenters. The number of rotatable bonds is 13. The van der Waals surface area contributed by atoms with Crippen molar-refractivity contribution in [2.75, 3.05) is 0 Å². The molecule has 0 unspecified atom stereocenters. The Labute approximate surface area is 300 Å². The summed E-state index contributed by atoms with van der Waals surface area (Å²) >= 11 is 0. The average molecular weight is 659 g/mol. The van der Waals surface area contributed by atoms with Crippen LogP contribution in [0, 0.1) is 11.3 Å². The van der Waals surface area contributed by atoms with Crippen molar-refractivity contribution in [1.29, 1.82) is 5.41 Å². The third-order valence-electron chi connectivity index (χ3n) is 8.76. The molecular weight excluding hydrogens is 623 g/mol. The van der Waals surface area contributed by atoms with Crippen LogP contribution in [0.4, 0.5) is 0 Å². The third kappa shape index (κ3) is 7.64. The summed E-state index contributed by atoms with van der Waals surface area (Å²) in [4.78, 5) is 0. The number of ether oxygens (including phenoxy) is 2. The van der Waals surface area contributed by atoms with Gasteiger partial charge in [-0.25, -0.2) is 0 Å². The molecule has 0 amide bonds. The number of nitrogens with one attached hydrogen (secondary N) is 1. The van der Waals surface area contributed by atoms with Crippen molar-refractivity contribution in [1.82, 2.24) is 0 Å². The lowest BCUT2D eigenvalue weighted by molar-refractivity contribution is 0.471. The number of hydrogen-bond acceptors (Lipinski definition) is 3. The minimum absolute atomic E-state index is 0.471. The van der Waals surface area contributed by atoms with Gasteiger partial charge in [0.1, 0.15) is 23.0 Å². The molecule has 6 aromatic rings. The zero-order valence-corrected chi connectivity index (χ0v) is 28.2. The van der Waals surface area contributed by atoms with Gasteiger partial charge in [-0.3, -0.25) is 5.41 Å². The van der Waals surface area contributed by atoms with E-state index in [1.165, 1.54) is 11.1 Å². The Morgan fingerprint density at radius 3 is 1.47 bits per heavy atom. The van der Waals surface area contributed by atoms with Gasteiger partial charge in [-0.05, 0) is 99.1 Å². The standard InChI is InChI=1S/C48H36NO2/c1-4-11-47(41-22-20-40(21-23-41)38-14-9-6-10-15-38)50-34(3)36-24-28-43(29-25-36)51-44-30-26-42(27-31-44)48(49)46-32-45(46)33(2)35-16-18-39(19-17-35)37-12-7-5-8-13-37/h4-32,49H,1-3H2/b47-11+,49-48?. The summed E-state index contributed by atoms with van der Waals surface area (Å²) in [5, 5.41) is 8.81. The lowest BCUT2D eigenvalue weighted by atomic mass is 9.95. The van der Waals surface area contributed by atoms with E-state index in [1.54, 1.807) is 6.08 Å². The van der Waals surface area contributed by atoms with Crippen LogP contribution in [0.3, 0.4) is 0 Å². The molecule has 3 nitrogen and oxygen atoms in total. The van der Waals surface area contributed by atoms with Gasteiger partial charge in [0.2, 0.25) is 0 Å². The van der Waals surface area contributed by atoms with Crippen molar-refractivity contribution in [3.63, 3.8) is 0 Å². The smallest absolute Gasteiger partial charge is 0.134 e. The lowest BCUT2D eigenvalue weighted by Crippen LogP contribution is -2.00. The molecule has 51 heavy (non-hydrogen) atoms. The number of hydrogen-bond donors (Lipinski definition) is 1. The van der Waals surface area contributed by atoms with Crippen molar-refractivity contribution in [3.8, 4) is 33.8 Å². The van der Waals surface area contributed by atoms with Crippen molar-refractivity contribution < 1.29 is 9.47 Å². The van der Waals surface area contributed by atoms with Gasteiger partial charge in [0.15, 0.2) is 0 Å². The lowest BCUT2D eigenvalue weighted by Gasteiger charge is -2.14. The highest BCUT2D eigenvalue weighted by Gasteiger charge is 2.32. The fourth-order valence-electron chi connectivity index (χ4n) is 5.85. The first-order valence-corrected chi connectivity index (χ1v) is 16.7. The molecule has 0 aliphatic heterocycles. The Bertz CT molecular complexity index is 2260. The van der Waals surface area contributed by atoms with Crippen LogP contribution in [0.5, 0.6) is 11.5 Å². The van der Waals surface area contributed by atoms with E-state index in [0.717, 1.165) is 50.4 Å². The maximum atomic E-state index is 8.81. The van der Waals surface area contributed by atoms with E-state index in [2.05, 4.69) is 80.4 Å². The fraction of sp³-hybridized carbons (Fsp3) is 0. The second-order valence-electron chi connectivity index (χ2n) is 12.2. The predicted octanol–water partition coefficient (Wildman–Crippen LogP) is 12.6. The Kier molecular flexibility index (Phi) is 9.53. The minimum atomic E-state index is 0.471. The van der Waals surface area contributed by atoms with Gasteiger partial charge in [-0.1, -0.05) is 141 Å². The molecule has 7 rings (SSSR count). The molecule has 6 aromatic carbocycles. The van der Waals surface area contributed by atoms with E-state index < -0.39 is 0 Å². The first-order valence-electron chi connectivity index (χ1n) is 16.7. The van der Waals surface area contributed by atoms with Crippen LogP contribution in [0.15, 0.2) is 201 Å². The zero-order valence-electron chi connectivity index (χ0n) is 28.2. The molecule has 0 aromatic heterocycles. The third-order valence-corrected chi connectivity index (χ3v) is 8.76. The summed E-state index contributed by atoms with van der Waals surface area (Å²) < 4.78 is 12.3. The van der Waals surface area contributed by atoms with Crippen molar-refractivity contribution in [2.24, 2.45) is 0 Å². The molecule has 0 fully saturated rings. The van der Waals surface area contributed by atoms with E-state index in [4.69, 9.17) is 14.9 Å². The molecule has 245 valence electrons. The van der Waals surface area contributed by atoms with Crippen LogP contribution < -0.4 is 4.74 Å². The Hall–Kier alpha value is -6.71. The molecule has 0 saturated heterocycles. The van der Waals surface area contributed by atoms with E-state index in [0.29, 0.717) is 28.7 Å². The SMILES string of the molecule is C=C/C=C(/OC(=C)c1ccc(Oc2ccc(C(=N)C3=C[C]3C(=C)c3ccc(-c4ccccc4)cc3)cc2)cc1)c1ccc(-c2ccccc2)cc1. The molecule has 1 N–H and O–H groups in total. The normalized spacial score (nSPS) is 12.4. The van der Waals surface area contributed by atoms with Gasteiger partial charge in [-0.15, -0.1) is 0 Å². The highest BCUT2D eigenvalue weighted by molar-refractivity contribution is 6.21. The van der Waals surface area contributed by atoms with Gasteiger partial charge in [0, 0.05) is 11.1 Å². The van der Waals surface area contributed by atoms with Crippen molar-refractivity contribution in [3.05, 3.63) is 229 Å². The van der Waals surface area contributed by atoms with Crippen molar-refractivity contribution >= 4 is 22.8 Å². The quantitative estimate of drug-likeness (QED) is 0.0762. The second kappa shape index (κ2) is 14.8. The monoisotopic (exact) mass is 658 g/mol. The largest absolute Gasteiger partial charge is 0.457 e. The molecule has 3 heteroatoms. The van der Waals surface area contributed by atoms with E-state index in [9.17, 15) is 0 Å². The van der Waals surface area contributed by atoms with Crippen LogP contribution in [0.2, 0.25) is 0 Å². The topological polar surface area (TPSA) is 42.3 Å². The summed E-state index contributed by atoms with van der Waals surface area (Å²) in [6.07, 6.45) is 5.57. The predicted molar refractivity (Wildman–Crippen MR) is 212 cm³/mol. The van der Waals surface area contributed by atoms with Gasteiger partial charge in [-0.2, -0.15) is 0 Å². The molecule has 0 spiro atoms. The number of allylic oxidation sites excluding steroid dienone is 5. The minimum Gasteiger partial charge on any atom is -0.457 e. The van der Waals surface area contributed by atoms with Crippen LogP contribution >= 0.6 is 0 Å². The van der Waals surface area contributed by atoms with E-state index >= 15 is 0 Å². The van der Waals surface area contributed by atoms with Crippen LogP contribution in [-0.4, -0.2) is 5.71 Å². The van der Waals surface area contributed by atoms with Crippen molar-refractivity contribution in [2.45, 2.75) is 0 Å². The summed E-state index contributed by atoms with van der Waals surface area (Å²) in [6.45, 7) is 12.4. The molecule has 1 radical (unpaired) electrons. The Balaban J connectivity index is 0.929. The van der Waals surface area contributed by atoms with Crippen LogP contribution in [0.25, 0.3) is 39.3 Å². The maximum Gasteiger partial charge on any atom is 0.134 e. The van der Waals surface area contributed by atoms with E-state index in [-0.39, 0.29) is 0 Å². The summed E-state index contributed by atoms with van der Waals surface area (Å²) in [5.41, 5.74) is 10.6. The molecule has 1 aliphatic rings. The summed E-state index contributed by atoms with van der Waals surface area (Å²) in [6, 6.07) is 52.5. The number of benzene rings is 6. The zero-order chi connectivity index (χ0) is 35.2. The molecule has 0 bridgehead atoms. The average Bonchev–Trinajstić information content (AvgIpc) is 4.00. The first kappa shape index (κ1) is 32.8. The summed E-state index contributed by atoms with van der Waals surface area (Å²) in [5.74, 6) is 3.56. The molecule has 0 heterocycles. The first-order chi connectivity index (χ1) is 25.0. The highest BCUT2D eigenvalue weighted by atomic mass is 16.5. The molecule has 1 aliphatic carbocycles. The Morgan fingerprint density at radius 1 is 0.510 bits per heavy atom. The van der Waals surface area contributed by atoms with Gasteiger partial charge in [0.05, 0.1) is 11.6 Å². The maximum absolute atomic E-state index is 8.81. The highest BCUT2D eigenvalue weighted by Crippen LogP contribution is 2.44. The Morgan fingerprint density at radius 2 is 0.961 bits per heavy atom. The van der Waals surface area contributed by atoms with Gasteiger partial charge >= 0.3 is 0 Å². The van der Waals surface area contributed by atoms with Crippen LogP contribution in [0.1, 0.15) is 22.3 Å². The second-order valence-corrected chi connectivity index (χ2v) is 12.2. The van der Waals surface area contributed by atoms with Crippen LogP contribution in [-0.2, 0) is 4.74 Å². The van der Waals surface area contributed by atoms with Gasteiger partial charge in [0.25, 0.3) is 0 Å². The van der Waals surface area contributed by atoms with E-state index in [1.807, 2.05) is 109 Å². The molecular formula is C48H36NO2. The van der Waals surface area contributed by atoms with Gasteiger partial charge < -0.3 is 9.47 Å². The fourth-order valence-corrected chi connectivity index (χ4v) is 5.85. The molecule has 0 saturated carbocycles.